The van der Waals surface area contributed by atoms with E-state index in [1.807, 2.05) is 6.07 Å². The molecule has 0 saturated carbocycles. The van der Waals surface area contributed by atoms with E-state index in [0.29, 0.717) is 22.4 Å². The molecule has 0 fully saturated rings. The van der Waals surface area contributed by atoms with Gasteiger partial charge in [0.1, 0.15) is 0 Å². The van der Waals surface area contributed by atoms with Crippen LogP contribution in [0.25, 0.3) is 11.5 Å². The van der Waals surface area contributed by atoms with Crippen LogP contribution in [-0.4, -0.2) is 20.1 Å². The molecule has 0 saturated heterocycles. The Morgan fingerprint density at radius 3 is 2.74 bits per heavy atom. The second-order valence-corrected chi connectivity index (χ2v) is 5.64. The lowest BCUT2D eigenvalue weighted by Gasteiger charge is -2.04. The molecule has 116 valence electrons. The van der Waals surface area contributed by atoms with Gasteiger partial charge in [-0.2, -0.15) is 0 Å². The van der Waals surface area contributed by atoms with Gasteiger partial charge in [0.2, 0.25) is 5.89 Å². The zero-order valence-electron chi connectivity index (χ0n) is 12.2. The van der Waals surface area contributed by atoms with Gasteiger partial charge in [-0.05, 0) is 24.6 Å². The summed E-state index contributed by atoms with van der Waals surface area (Å²) in [5, 5.41) is 19.4. The van der Waals surface area contributed by atoms with E-state index in [1.54, 1.807) is 37.5 Å². The summed E-state index contributed by atoms with van der Waals surface area (Å²) in [6.07, 6.45) is 3.30. The smallest absolute Gasteiger partial charge is 0.277 e. The third kappa shape index (κ3) is 3.37. The Labute approximate surface area is 135 Å². The number of hydrogen-bond donors (Lipinski definition) is 0. The number of rotatable bonds is 5. The maximum Gasteiger partial charge on any atom is 0.277 e. The Hall–Kier alpha value is -2.74. The van der Waals surface area contributed by atoms with Gasteiger partial charge in [-0.25, -0.2) is 0 Å². The lowest BCUT2D eigenvalue weighted by molar-refractivity contribution is -0.385. The van der Waals surface area contributed by atoms with E-state index < -0.39 is 0 Å². The average Bonchev–Trinajstić information content (AvgIpc) is 3.03. The Bertz CT molecular complexity index is 836. The molecule has 0 aliphatic rings. The van der Waals surface area contributed by atoms with Crippen LogP contribution in [0.3, 0.4) is 0 Å². The number of nitrogens with zero attached hydrogens (tertiary/aromatic N) is 4. The molecular weight excluding hydrogens is 316 g/mol. The zero-order chi connectivity index (χ0) is 16.2. The van der Waals surface area contributed by atoms with Gasteiger partial charge in [-0.1, -0.05) is 23.9 Å². The fraction of sp³-hybridized carbons (Fsp3) is 0.133. The van der Waals surface area contributed by atoms with E-state index in [1.165, 1.54) is 17.8 Å². The molecule has 1 aromatic carbocycles. The van der Waals surface area contributed by atoms with E-state index in [-0.39, 0.29) is 10.6 Å². The van der Waals surface area contributed by atoms with Gasteiger partial charge in [0.15, 0.2) is 0 Å². The number of thioether (sulfide) groups is 1. The van der Waals surface area contributed by atoms with Crippen molar-refractivity contribution in [2.75, 3.05) is 0 Å². The summed E-state index contributed by atoms with van der Waals surface area (Å²) < 4.78 is 5.59. The van der Waals surface area contributed by atoms with E-state index in [2.05, 4.69) is 15.2 Å². The number of benzene rings is 1. The molecule has 23 heavy (non-hydrogen) atoms. The average molecular weight is 328 g/mol. The van der Waals surface area contributed by atoms with Gasteiger partial charge >= 0.3 is 0 Å². The Morgan fingerprint density at radius 2 is 2.00 bits per heavy atom. The van der Waals surface area contributed by atoms with Crippen molar-refractivity contribution in [3.63, 3.8) is 0 Å². The largest absolute Gasteiger partial charge is 0.411 e. The van der Waals surface area contributed by atoms with E-state index in [4.69, 9.17) is 4.42 Å². The van der Waals surface area contributed by atoms with Crippen LogP contribution >= 0.6 is 11.8 Å². The van der Waals surface area contributed by atoms with E-state index in [9.17, 15) is 10.1 Å². The summed E-state index contributed by atoms with van der Waals surface area (Å²) >= 11 is 1.35. The quantitative estimate of drug-likeness (QED) is 0.401. The molecule has 0 aliphatic carbocycles. The first-order valence-electron chi connectivity index (χ1n) is 6.75. The monoisotopic (exact) mass is 328 g/mol. The number of pyridine rings is 1. The molecule has 2 aromatic heterocycles. The molecule has 3 aromatic rings. The topological polar surface area (TPSA) is 95.0 Å². The molecule has 7 nitrogen and oxygen atoms in total. The van der Waals surface area contributed by atoms with Crippen molar-refractivity contribution in [2.45, 2.75) is 17.9 Å². The van der Waals surface area contributed by atoms with Crippen LogP contribution in [0.1, 0.15) is 11.1 Å². The molecule has 2 heterocycles. The van der Waals surface area contributed by atoms with Gasteiger partial charge in [0.25, 0.3) is 10.9 Å². The van der Waals surface area contributed by atoms with Crippen LogP contribution in [-0.2, 0) is 5.75 Å². The van der Waals surface area contributed by atoms with Crippen molar-refractivity contribution in [3.05, 3.63) is 64.0 Å². The third-order valence-electron chi connectivity index (χ3n) is 3.30. The molecule has 0 unspecified atom stereocenters. The lowest BCUT2D eigenvalue weighted by Crippen LogP contribution is -1.95. The highest BCUT2D eigenvalue weighted by Gasteiger charge is 2.15. The summed E-state index contributed by atoms with van der Waals surface area (Å²) in [4.78, 5) is 14.5. The molecule has 8 heteroatoms. The maximum absolute atomic E-state index is 11.0. The van der Waals surface area contributed by atoms with Crippen LogP contribution in [0, 0.1) is 17.0 Å². The molecule has 0 amide bonds. The third-order valence-corrected chi connectivity index (χ3v) is 4.17. The minimum atomic E-state index is -0.377. The molecule has 0 atom stereocenters. The normalized spacial score (nSPS) is 10.7. The van der Waals surface area contributed by atoms with Gasteiger partial charge in [0, 0.05) is 35.3 Å². The van der Waals surface area contributed by atoms with Crippen molar-refractivity contribution < 1.29 is 9.34 Å². The minimum Gasteiger partial charge on any atom is -0.411 e. The second-order valence-electron chi connectivity index (χ2n) is 4.72. The van der Waals surface area contributed by atoms with Crippen molar-refractivity contribution in [2.24, 2.45) is 0 Å². The summed E-state index contributed by atoms with van der Waals surface area (Å²) in [5.74, 6) is 0.941. The highest BCUT2D eigenvalue weighted by atomic mass is 32.2. The minimum absolute atomic E-state index is 0.117. The number of aromatic nitrogens is 3. The predicted molar refractivity (Wildman–Crippen MR) is 84.9 cm³/mol. The van der Waals surface area contributed by atoms with Crippen molar-refractivity contribution >= 4 is 17.4 Å². The number of hydrogen-bond acceptors (Lipinski definition) is 7. The first-order valence-corrected chi connectivity index (χ1v) is 7.73. The van der Waals surface area contributed by atoms with Crippen LogP contribution < -0.4 is 0 Å². The molecule has 0 spiro atoms. The fourth-order valence-electron chi connectivity index (χ4n) is 2.04. The highest BCUT2D eigenvalue weighted by Crippen LogP contribution is 2.29. The molecule has 3 rings (SSSR count). The van der Waals surface area contributed by atoms with Crippen molar-refractivity contribution in [3.8, 4) is 11.5 Å². The van der Waals surface area contributed by atoms with E-state index >= 15 is 0 Å². The maximum atomic E-state index is 11.0. The Kier molecular flexibility index (Phi) is 4.33. The first-order chi connectivity index (χ1) is 11.1. The molecule has 0 aliphatic heterocycles. The summed E-state index contributed by atoms with van der Waals surface area (Å²) in [6, 6.07) is 8.60. The SMILES string of the molecule is Cc1c(CSc2nnc(-c3ccncc3)o2)cccc1[N+](=O)[O-]. The van der Waals surface area contributed by atoms with E-state index in [0.717, 1.165) is 11.1 Å². The van der Waals surface area contributed by atoms with Crippen molar-refractivity contribution in [1.29, 1.82) is 0 Å². The van der Waals surface area contributed by atoms with Gasteiger partial charge < -0.3 is 4.42 Å². The second kappa shape index (κ2) is 6.57. The van der Waals surface area contributed by atoms with Crippen LogP contribution in [0.15, 0.2) is 52.4 Å². The Morgan fingerprint density at radius 1 is 1.22 bits per heavy atom. The molecular formula is C15H12N4O3S. The van der Waals surface area contributed by atoms with Crippen LogP contribution in [0.2, 0.25) is 0 Å². The fourth-order valence-corrected chi connectivity index (χ4v) is 2.87. The van der Waals surface area contributed by atoms with Crippen LogP contribution in [0.5, 0.6) is 0 Å². The Balaban J connectivity index is 1.74. The van der Waals surface area contributed by atoms with Gasteiger partial charge in [-0.3, -0.25) is 15.1 Å². The first kappa shape index (κ1) is 15.2. The number of nitro groups is 1. The zero-order valence-corrected chi connectivity index (χ0v) is 13.0. The summed E-state index contributed by atoms with van der Waals surface area (Å²) in [7, 11) is 0. The molecule has 0 N–H and O–H groups in total. The van der Waals surface area contributed by atoms with Gasteiger partial charge in [0.05, 0.1) is 4.92 Å². The molecule has 0 bridgehead atoms. The van der Waals surface area contributed by atoms with Crippen LogP contribution in [0.4, 0.5) is 5.69 Å². The predicted octanol–water partition coefficient (Wildman–Crippen LogP) is 3.64. The van der Waals surface area contributed by atoms with Gasteiger partial charge in [-0.15, -0.1) is 10.2 Å². The molecule has 0 radical (unpaired) electrons. The van der Waals surface area contributed by atoms with Crippen molar-refractivity contribution in [1.82, 2.24) is 15.2 Å². The highest BCUT2D eigenvalue weighted by molar-refractivity contribution is 7.98. The summed E-state index contributed by atoms with van der Waals surface area (Å²) in [5.41, 5.74) is 2.43. The lowest BCUT2D eigenvalue weighted by atomic mass is 10.1. The summed E-state index contributed by atoms with van der Waals surface area (Å²) in [6.45, 7) is 1.74. The number of nitro benzene ring substituents is 1. The standard InChI is InChI=1S/C15H12N4O3S/c1-10-12(3-2-4-13(10)19(20)21)9-23-15-18-17-14(22-15)11-5-7-16-8-6-11/h2-8H,9H2,1H3.